The maximum absolute atomic E-state index is 13.1. The average Bonchev–Trinajstić information content (AvgIpc) is 2.69. The van der Waals surface area contributed by atoms with Crippen LogP contribution in [0.3, 0.4) is 0 Å². The number of hydrogen-bond donors (Lipinski definition) is 1. The topological polar surface area (TPSA) is 46.3 Å². The van der Waals surface area contributed by atoms with Gasteiger partial charge in [0.25, 0.3) is 5.91 Å². The third-order valence-corrected chi connectivity index (χ3v) is 3.41. The molecular weight excluding hydrogens is 329 g/mol. The number of amides is 1. The molecule has 0 unspecified atom stereocenters. The zero-order valence-electron chi connectivity index (χ0n) is 9.33. The van der Waals surface area contributed by atoms with Crippen molar-refractivity contribution in [3.8, 4) is 0 Å². The van der Waals surface area contributed by atoms with Gasteiger partial charge in [-0.25, -0.2) is 8.78 Å². The Morgan fingerprint density at radius 2 is 2.00 bits per heavy atom. The van der Waals surface area contributed by atoms with Crippen LogP contribution in [-0.2, 0) is 0 Å². The van der Waals surface area contributed by atoms with Crippen molar-refractivity contribution < 1.29 is 13.6 Å². The number of halogens is 4. The van der Waals surface area contributed by atoms with Crippen molar-refractivity contribution in [2.24, 2.45) is 5.73 Å². The van der Waals surface area contributed by atoms with Crippen LogP contribution >= 0.6 is 28.3 Å². The summed E-state index contributed by atoms with van der Waals surface area (Å²) in [6.07, 6.45) is 0.729. The predicted molar refractivity (Wildman–Crippen MR) is 69.8 cm³/mol. The van der Waals surface area contributed by atoms with Crippen LogP contribution in [0.4, 0.5) is 8.78 Å². The SMILES string of the molecule is Cl.N[C@@H]1CCN(C(=O)c2cc(F)c(F)cc2Br)C1. The summed E-state index contributed by atoms with van der Waals surface area (Å²) in [6, 6.07) is 1.83. The van der Waals surface area contributed by atoms with Crippen LogP contribution in [0, 0.1) is 11.6 Å². The second kappa shape index (κ2) is 5.95. The first-order chi connectivity index (χ1) is 7.99. The minimum Gasteiger partial charge on any atom is -0.337 e. The van der Waals surface area contributed by atoms with E-state index in [0.717, 1.165) is 18.6 Å². The van der Waals surface area contributed by atoms with Crippen LogP contribution in [0.1, 0.15) is 16.8 Å². The van der Waals surface area contributed by atoms with Gasteiger partial charge in [0.15, 0.2) is 11.6 Å². The Morgan fingerprint density at radius 3 is 2.56 bits per heavy atom. The van der Waals surface area contributed by atoms with E-state index >= 15 is 0 Å². The Labute approximate surface area is 118 Å². The Bertz CT molecular complexity index is 473. The molecule has 1 aliphatic rings. The van der Waals surface area contributed by atoms with Crippen molar-refractivity contribution >= 4 is 34.2 Å². The number of nitrogens with zero attached hydrogens (tertiary/aromatic N) is 1. The minimum atomic E-state index is -1.03. The Kier molecular flexibility index (Phi) is 5.07. The maximum atomic E-state index is 13.1. The van der Waals surface area contributed by atoms with Crippen molar-refractivity contribution in [3.63, 3.8) is 0 Å². The molecule has 0 aliphatic carbocycles. The van der Waals surface area contributed by atoms with Crippen molar-refractivity contribution in [2.75, 3.05) is 13.1 Å². The first kappa shape index (κ1) is 15.3. The van der Waals surface area contributed by atoms with E-state index in [1.54, 1.807) is 4.90 Å². The molecule has 1 aliphatic heterocycles. The molecule has 1 saturated heterocycles. The fourth-order valence-electron chi connectivity index (χ4n) is 1.83. The summed E-state index contributed by atoms with van der Waals surface area (Å²) < 4.78 is 26.3. The first-order valence-corrected chi connectivity index (χ1v) is 5.97. The number of benzene rings is 1. The van der Waals surface area contributed by atoms with Crippen LogP contribution < -0.4 is 5.73 Å². The molecule has 3 nitrogen and oxygen atoms in total. The van der Waals surface area contributed by atoms with E-state index in [1.165, 1.54) is 0 Å². The van der Waals surface area contributed by atoms with Crippen molar-refractivity contribution in [2.45, 2.75) is 12.5 Å². The highest BCUT2D eigenvalue weighted by Crippen LogP contribution is 2.23. The molecule has 0 bridgehead atoms. The van der Waals surface area contributed by atoms with Gasteiger partial charge in [-0.1, -0.05) is 0 Å². The summed E-state index contributed by atoms with van der Waals surface area (Å²) in [4.78, 5) is 13.6. The third kappa shape index (κ3) is 2.99. The molecule has 100 valence electrons. The highest BCUT2D eigenvalue weighted by Gasteiger charge is 2.26. The summed E-state index contributed by atoms with van der Waals surface area (Å²) in [7, 11) is 0. The smallest absolute Gasteiger partial charge is 0.255 e. The van der Waals surface area contributed by atoms with Gasteiger partial charge in [0, 0.05) is 23.6 Å². The van der Waals surface area contributed by atoms with Gasteiger partial charge < -0.3 is 10.6 Å². The fraction of sp³-hybridized carbons (Fsp3) is 0.364. The number of carbonyl (C=O) groups is 1. The lowest BCUT2D eigenvalue weighted by molar-refractivity contribution is 0.0789. The standard InChI is InChI=1S/C11H11BrF2N2O.ClH/c12-8-4-10(14)9(13)3-7(8)11(17)16-2-1-6(15)5-16;/h3-4,6H,1-2,5,15H2;1H/t6-;/m1./s1. The van der Waals surface area contributed by atoms with E-state index in [4.69, 9.17) is 5.73 Å². The molecular formula is C11H12BrClF2N2O. The Morgan fingerprint density at radius 1 is 1.39 bits per heavy atom. The van der Waals surface area contributed by atoms with Crippen LogP contribution in [-0.4, -0.2) is 29.9 Å². The third-order valence-electron chi connectivity index (χ3n) is 2.75. The van der Waals surface area contributed by atoms with Crippen molar-refractivity contribution in [1.29, 1.82) is 0 Å². The number of rotatable bonds is 1. The highest BCUT2D eigenvalue weighted by molar-refractivity contribution is 9.10. The van der Waals surface area contributed by atoms with Gasteiger partial charge in [-0.2, -0.15) is 0 Å². The molecule has 0 saturated carbocycles. The number of likely N-dealkylation sites (tertiary alicyclic amines) is 1. The van der Waals surface area contributed by atoms with Gasteiger partial charge in [0.05, 0.1) is 5.56 Å². The molecule has 1 aromatic rings. The molecule has 0 aromatic heterocycles. The minimum absolute atomic E-state index is 0. The van der Waals surface area contributed by atoms with Gasteiger partial charge in [-0.05, 0) is 34.5 Å². The molecule has 2 rings (SSSR count). The van der Waals surface area contributed by atoms with Crippen LogP contribution in [0.2, 0.25) is 0 Å². The molecule has 1 aromatic carbocycles. The number of hydrogen-bond acceptors (Lipinski definition) is 2. The molecule has 18 heavy (non-hydrogen) atoms. The lowest BCUT2D eigenvalue weighted by Crippen LogP contribution is -2.32. The van der Waals surface area contributed by atoms with Gasteiger partial charge in [-0.3, -0.25) is 4.79 Å². The van der Waals surface area contributed by atoms with Gasteiger partial charge in [0.2, 0.25) is 0 Å². The lowest BCUT2D eigenvalue weighted by atomic mass is 10.2. The largest absolute Gasteiger partial charge is 0.337 e. The van der Waals surface area contributed by atoms with Crippen LogP contribution in [0.5, 0.6) is 0 Å². The van der Waals surface area contributed by atoms with Gasteiger partial charge in [0.1, 0.15) is 0 Å². The Hall–Kier alpha value is -0.720. The van der Waals surface area contributed by atoms with E-state index in [-0.39, 0.29) is 34.4 Å². The Balaban J connectivity index is 0.00000162. The fourth-order valence-corrected chi connectivity index (χ4v) is 2.31. The van der Waals surface area contributed by atoms with Crippen molar-refractivity contribution in [3.05, 3.63) is 33.8 Å². The molecule has 1 amide bonds. The monoisotopic (exact) mass is 340 g/mol. The predicted octanol–water partition coefficient (Wildman–Crippen LogP) is 2.32. The molecule has 1 fully saturated rings. The first-order valence-electron chi connectivity index (χ1n) is 5.18. The normalized spacial score (nSPS) is 18.7. The molecule has 0 radical (unpaired) electrons. The summed E-state index contributed by atoms with van der Waals surface area (Å²) in [5.41, 5.74) is 5.82. The number of nitrogens with two attached hydrogens (primary N) is 1. The summed E-state index contributed by atoms with van der Waals surface area (Å²) in [6.45, 7) is 0.996. The van der Waals surface area contributed by atoms with Crippen LogP contribution in [0.25, 0.3) is 0 Å². The quantitative estimate of drug-likeness (QED) is 0.797. The second-order valence-corrected chi connectivity index (χ2v) is 4.90. The molecule has 2 N–H and O–H groups in total. The highest BCUT2D eigenvalue weighted by atomic mass is 79.9. The molecule has 0 spiro atoms. The lowest BCUT2D eigenvalue weighted by Gasteiger charge is -2.16. The van der Waals surface area contributed by atoms with E-state index in [2.05, 4.69) is 15.9 Å². The summed E-state index contributed by atoms with van der Waals surface area (Å²) in [5, 5.41) is 0. The molecule has 1 heterocycles. The zero-order valence-corrected chi connectivity index (χ0v) is 11.7. The van der Waals surface area contributed by atoms with E-state index in [1.807, 2.05) is 0 Å². The van der Waals surface area contributed by atoms with Gasteiger partial charge in [-0.15, -0.1) is 12.4 Å². The summed E-state index contributed by atoms with van der Waals surface area (Å²) in [5.74, 6) is -2.34. The van der Waals surface area contributed by atoms with E-state index < -0.39 is 11.6 Å². The number of carbonyl (C=O) groups excluding carboxylic acids is 1. The average molecular weight is 342 g/mol. The van der Waals surface area contributed by atoms with E-state index in [9.17, 15) is 13.6 Å². The zero-order chi connectivity index (χ0) is 12.6. The van der Waals surface area contributed by atoms with E-state index in [0.29, 0.717) is 13.1 Å². The maximum Gasteiger partial charge on any atom is 0.255 e. The molecule has 1 atom stereocenters. The van der Waals surface area contributed by atoms with Gasteiger partial charge >= 0.3 is 0 Å². The van der Waals surface area contributed by atoms with Crippen molar-refractivity contribution in [1.82, 2.24) is 4.90 Å². The summed E-state index contributed by atoms with van der Waals surface area (Å²) >= 11 is 3.06. The van der Waals surface area contributed by atoms with Crippen LogP contribution in [0.15, 0.2) is 16.6 Å². The second-order valence-electron chi connectivity index (χ2n) is 4.05. The molecule has 7 heteroatoms.